The summed E-state index contributed by atoms with van der Waals surface area (Å²) >= 11 is 0. The maximum absolute atomic E-state index is 4.75. The van der Waals surface area contributed by atoms with Gasteiger partial charge < -0.3 is 5.32 Å². The Hall–Kier alpha value is -3.53. The summed E-state index contributed by atoms with van der Waals surface area (Å²) in [6, 6.07) is 28.9. The first-order chi connectivity index (χ1) is 14.3. The first-order valence-electron chi connectivity index (χ1n) is 9.97. The van der Waals surface area contributed by atoms with Crippen LogP contribution in [0.1, 0.15) is 35.3 Å². The summed E-state index contributed by atoms with van der Waals surface area (Å²) < 4.78 is 0. The summed E-state index contributed by atoms with van der Waals surface area (Å²) in [7, 11) is 0. The zero-order valence-corrected chi connectivity index (χ0v) is 16.5. The minimum atomic E-state index is 0.595. The highest BCUT2D eigenvalue weighted by Crippen LogP contribution is 2.20. The highest BCUT2D eigenvalue weighted by atomic mass is 15.2. The van der Waals surface area contributed by atoms with Gasteiger partial charge in [-0.05, 0) is 29.2 Å². The molecular weight excluding hydrogens is 356 g/mol. The molecule has 3 aromatic carbocycles. The van der Waals surface area contributed by atoms with Crippen LogP contribution in [0.25, 0.3) is 0 Å². The van der Waals surface area contributed by atoms with Gasteiger partial charge in [-0.2, -0.15) is 9.97 Å². The molecule has 0 saturated carbocycles. The zero-order chi connectivity index (χ0) is 19.9. The highest BCUT2D eigenvalue weighted by Gasteiger charge is 2.10. The smallest absolute Gasteiger partial charge is 0.230 e. The van der Waals surface area contributed by atoms with E-state index in [0.717, 1.165) is 23.8 Å². The van der Waals surface area contributed by atoms with Crippen LogP contribution in [0.4, 0.5) is 11.6 Å². The number of para-hydroxylation sites is 1. The number of aryl methyl sites for hydroxylation is 1. The predicted octanol–water partition coefficient (Wildman–Crippen LogP) is 5.36. The molecule has 0 aliphatic heterocycles. The van der Waals surface area contributed by atoms with Crippen LogP contribution < -0.4 is 5.32 Å². The van der Waals surface area contributed by atoms with Crippen molar-refractivity contribution in [1.29, 1.82) is 0 Å². The summed E-state index contributed by atoms with van der Waals surface area (Å²) in [5.41, 5.74) is 4.65. The topological polar surface area (TPSA) is 50.7 Å². The second-order valence-corrected chi connectivity index (χ2v) is 6.95. The molecule has 4 heteroatoms. The van der Waals surface area contributed by atoms with Crippen molar-refractivity contribution in [3.63, 3.8) is 0 Å². The summed E-state index contributed by atoms with van der Waals surface area (Å²) in [6.45, 7) is 2.15. The molecule has 0 aliphatic rings. The van der Waals surface area contributed by atoms with E-state index in [2.05, 4.69) is 54.7 Å². The van der Waals surface area contributed by atoms with E-state index in [1.165, 1.54) is 16.7 Å². The molecule has 0 spiro atoms. The lowest BCUT2D eigenvalue weighted by atomic mass is 10.1. The molecule has 0 unspecified atom stereocenters. The Bertz CT molecular complexity index is 1000. The molecule has 0 atom stereocenters. The lowest BCUT2D eigenvalue weighted by molar-refractivity contribution is 0.856. The number of aromatic nitrogens is 3. The molecule has 0 radical (unpaired) electrons. The van der Waals surface area contributed by atoms with Crippen LogP contribution in [0, 0.1) is 0 Å². The number of hydrogen-bond donors (Lipinski definition) is 1. The molecule has 1 aromatic heterocycles. The fourth-order valence-corrected chi connectivity index (χ4v) is 3.31. The van der Waals surface area contributed by atoms with Crippen LogP contribution in [-0.2, 0) is 19.3 Å². The average Bonchev–Trinajstić information content (AvgIpc) is 2.75. The molecule has 0 saturated heterocycles. The Morgan fingerprint density at radius 3 is 1.69 bits per heavy atom. The van der Waals surface area contributed by atoms with Gasteiger partial charge in [0.05, 0.1) is 0 Å². The van der Waals surface area contributed by atoms with Gasteiger partial charge in [0, 0.05) is 18.5 Å². The van der Waals surface area contributed by atoms with E-state index in [-0.39, 0.29) is 0 Å². The molecule has 0 bridgehead atoms. The number of benzene rings is 3. The van der Waals surface area contributed by atoms with Crippen molar-refractivity contribution in [2.45, 2.75) is 26.2 Å². The molecule has 4 rings (SSSR count). The lowest BCUT2D eigenvalue weighted by Crippen LogP contribution is -2.09. The normalized spacial score (nSPS) is 10.7. The maximum atomic E-state index is 4.75. The second-order valence-electron chi connectivity index (χ2n) is 6.95. The monoisotopic (exact) mass is 380 g/mol. The van der Waals surface area contributed by atoms with E-state index in [9.17, 15) is 0 Å². The Morgan fingerprint density at radius 1 is 0.621 bits per heavy atom. The molecule has 4 aromatic rings. The molecule has 1 heterocycles. The van der Waals surface area contributed by atoms with Gasteiger partial charge in [0.25, 0.3) is 0 Å². The maximum Gasteiger partial charge on any atom is 0.230 e. The number of hydrogen-bond acceptors (Lipinski definition) is 4. The number of anilines is 2. The lowest BCUT2D eigenvalue weighted by Gasteiger charge is -2.12. The minimum Gasteiger partial charge on any atom is -0.324 e. The Labute approximate surface area is 171 Å². The van der Waals surface area contributed by atoms with E-state index >= 15 is 0 Å². The summed E-state index contributed by atoms with van der Waals surface area (Å²) in [4.78, 5) is 14.2. The minimum absolute atomic E-state index is 0.595. The molecule has 0 amide bonds. The van der Waals surface area contributed by atoms with Crippen molar-refractivity contribution in [3.05, 3.63) is 113 Å². The standard InChI is InChI=1S/C25H24N4/c1-2-21-15-9-10-16-22(21)26-25-28-23(17-19-11-5-3-6-12-19)27-24(29-25)18-20-13-7-4-8-14-20/h3-16H,2,17-18H2,1H3,(H,26,27,28,29). The molecule has 144 valence electrons. The number of nitrogens with zero attached hydrogens (tertiary/aromatic N) is 3. The summed E-state index contributed by atoms with van der Waals surface area (Å²) in [6.07, 6.45) is 2.30. The van der Waals surface area contributed by atoms with Crippen molar-refractivity contribution in [3.8, 4) is 0 Å². The van der Waals surface area contributed by atoms with Crippen molar-refractivity contribution in [2.24, 2.45) is 0 Å². The molecule has 0 fully saturated rings. The first-order valence-corrected chi connectivity index (χ1v) is 9.97. The van der Waals surface area contributed by atoms with Crippen molar-refractivity contribution >= 4 is 11.6 Å². The second kappa shape index (κ2) is 9.11. The summed E-state index contributed by atoms with van der Waals surface area (Å²) in [5.74, 6) is 2.14. The average molecular weight is 380 g/mol. The third-order valence-electron chi connectivity index (χ3n) is 4.78. The number of nitrogens with one attached hydrogen (secondary N) is 1. The van der Waals surface area contributed by atoms with Crippen LogP contribution in [0.5, 0.6) is 0 Å². The van der Waals surface area contributed by atoms with Crippen molar-refractivity contribution < 1.29 is 0 Å². The largest absolute Gasteiger partial charge is 0.324 e. The number of rotatable bonds is 7. The van der Waals surface area contributed by atoms with Gasteiger partial charge in [0.1, 0.15) is 11.6 Å². The first kappa shape index (κ1) is 18.8. The Kier molecular flexibility index (Phi) is 5.91. The fourth-order valence-electron chi connectivity index (χ4n) is 3.31. The van der Waals surface area contributed by atoms with E-state index in [0.29, 0.717) is 18.8 Å². The van der Waals surface area contributed by atoms with Gasteiger partial charge in [-0.1, -0.05) is 85.8 Å². The molecule has 0 aliphatic carbocycles. The zero-order valence-electron chi connectivity index (χ0n) is 16.5. The fraction of sp³-hybridized carbons (Fsp3) is 0.160. The summed E-state index contributed by atoms with van der Waals surface area (Å²) in [5, 5.41) is 3.41. The van der Waals surface area contributed by atoms with Crippen LogP contribution >= 0.6 is 0 Å². The van der Waals surface area contributed by atoms with Gasteiger partial charge in [0.2, 0.25) is 5.95 Å². The van der Waals surface area contributed by atoms with Crippen LogP contribution in [-0.4, -0.2) is 15.0 Å². The van der Waals surface area contributed by atoms with Crippen LogP contribution in [0.3, 0.4) is 0 Å². The third kappa shape index (κ3) is 5.05. The van der Waals surface area contributed by atoms with Crippen molar-refractivity contribution in [2.75, 3.05) is 5.32 Å². The predicted molar refractivity (Wildman–Crippen MR) is 117 cm³/mol. The van der Waals surface area contributed by atoms with Gasteiger partial charge in [0.15, 0.2) is 0 Å². The third-order valence-corrected chi connectivity index (χ3v) is 4.78. The molecular formula is C25H24N4. The molecule has 1 N–H and O–H groups in total. The van der Waals surface area contributed by atoms with Crippen LogP contribution in [0.2, 0.25) is 0 Å². The highest BCUT2D eigenvalue weighted by molar-refractivity contribution is 5.58. The Morgan fingerprint density at radius 2 is 1.14 bits per heavy atom. The van der Waals surface area contributed by atoms with Gasteiger partial charge >= 0.3 is 0 Å². The van der Waals surface area contributed by atoms with Gasteiger partial charge in [-0.15, -0.1) is 0 Å². The van der Waals surface area contributed by atoms with Gasteiger partial charge in [-0.3, -0.25) is 0 Å². The van der Waals surface area contributed by atoms with Gasteiger partial charge in [-0.25, -0.2) is 4.98 Å². The molecule has 29 heavy (non-hydrogen) atoms. The SMILES string of the molecule is CCc1ccccc1Nc1nc(Cc2ccccc2)nc(Cc2ccccc2)n1. The van der Waals surface area contributed by atoms with E-state index in [4.69, 9.17) is 15.0 Å². The van der Waals surface area contributed by atoms with Crippen LogP contribution in [0.15, 0.2) is 84.9 Å². The quantitative estimate of drug-likeness (QED) is 0.469. The van der Waals surface area contributed by atoms with E-state index < -0.39 is 0 Å². The van der Waals surface area contributed by atoms with Crippen molar-refractivity contribution in [1.82, 2.24) is 15.0 Å². The Balaban J connectivity index is 1.67. The van der Waals surface area contributed by atoms with E-state index in [1.807, 2.05) is 42.5 Å². The molecule has 4 nitrogen and oxygen atoms in total. The van der Waals surface area contributed by atoms with E-state index in [1.54, 1.807) is 0 Å².